The summed E-state index contributed by atoms with van der Waals surface area (Å²) in [6.45, 7) is 9.51. The van der Waals surface area contributed by atoms with E-state index in [0.29, 0.717) is 11.8 Å². The van der Waals surface area contributed by atoms with Crippen molar-refractivity contribution in [3.63, 3.8) is 0 Å². The van der Waals surface area contributed by atoms with Crippen LogP contribution in [0.15, 0.2) is 0 Å². The van der Waals surface area contributed by atoms with Crippen LogP contribution in [0.5, 0.6) is 0 Å². The lowest BCUT2D eigenvalue weighted by molar-refractivity contribution is 0.00578. The summed E-state index contributed by atoms with van der Waals surface area (Å²) in [6, 6.07) is 0. The Labute approximate surface area is 109 Å². The molecule has 0 aliphatic carbocycles. The van der Waals surface area contributed by atoms with Gasteiger partial charge in [0, 0.05) is 13.1 Å². The second-order valence-electron chi connectivity index (χ2n) is 6.01. The van der Waals surface area contributed by atoms with Gasteiger partial charge in [0.2, 0.25) is 0 Å². The molecule has 0 spiro atoms. The number of amides is 1. The number of halogens is 1. The average molecular weight is 263 g/mol. The predicted molar refractivity (Wildman–Crippen MR) is 69.5 cm³/mol. The minimum atomic E-state index is -0.387. The van der Waals surface area contributed by atoms with Crippen molar-refractivity contribution in [2.24, 2.45) is 11.8 Å². The van der Waals surface area contributed by atoms with E-state index in [0.717, 1.165) is 26.2 Å². The van der Waals surface area contributed by atoms with Gasteiger partial charge in [0.1, 0.15) is 5.60 Å². The van der Waals surface area contributed by atoms with Crippen LogP contribution in [0.3, 0.4) is 0 Å². The van der Waals surface area contributed by atoms with Crippen LogP contribution < -0.4 is 5.32 Å². The van der Waals surface area contributed by atoms with Crippen LogP contribution in [0.25, 0.3) is 0 Å². The number of ether oxygens (including phenoxy) is 1. The third-order valence-electron chi connectivity index (χ3n) is 3.14. The molecule has 0 aromatic carbocycles. The highest BCUT2D eigenvalue weighted by Crippen LogP contribution is 2.25. The molecule has 0 unspecified atom stereocenters. The van der Waals surface area contributed by atoms with Crippen LogP contribution in [-0.2, 0) is 4.74 Å². The minimum Gasteiger partial charge on any atom is -0.444 e. The van der Waals surface area contributed by atoms with Gasteiger partial charge in [-0.25, -0.2) is 4.79 Å². The molecule has 2 fully saturated rings. The van der Waals surface area contributed by atoms with Gasteiger partial charge in [-0.1, -0.05) is 0 Å². The van der Waals surface area contributed by atoms with E-state index in [1.165, 1.54) is 6.42 Å². The number of nitrogens with zero attached hydrogens (tertiary/aromatic N) is 1. The first kappa shape index (κ1) is 14.6. The summed E-state index contributed by atoms with van der Waals surface area (Å²) >= 11 is 0. The first-order chi connectivity index (χ1) is 7.44. The number of carbonyl (C=O) groups is 1. The van der Waals surface area contributed by atoms with E-state index in [1.54, 1.807) is 0 Å². The first-order valence-corrected chi connectivity index (χ1v) is 6.13. The van der Waals surface area contributed by atoms with E-state index in [1.807, 2.05) is 25.7 Å². The fraction of sp³-hybridized carbons (Fsp3) is 0.917. The summed E-state index contributed by atoms with van der Waals surface area (Å²) < 4.78 is 5.41. The maximum Gasteiger partial charge on any atom is 0.410 e. The molecule has 0 aromatic rings. The highest BCUT2D eigenvalue weighted by Gasteiger charge is 2.34. The fourth-order valence-corrected chi connectivity index (χ4v) is 2.58. The molecule has 1 amide bonds. The van der Waals surface area contributed by atoms with Gasteiger partial charge in [0.05, 0.1) is 0 Å². The Morgan fingerprint density at radius 2 is 1.76 bits per heavy atom. The molecule has 2 aliphatic rings. The van der Waals surface area contributed by atoms with Crippen LogP contribution >= 0.6 is 12.4 Å². The smallest absolute Gasteiger partial charge is 0.410 e. The molecule has 2 bridgehead atoms. The van der Waals surface area contributed by atoms with E-state index >= 15 is 0 Å². The number of hydrogen-bond donors (Lipinski definition) is 1. The van der Waals surface area contributed by atoms with E-state index in [4.69, 9.17) is 4.74 Å². The van der Waals surface area contributed by atoms with Crippen LogP contribution in [0.1, 0.15) is 27.2 Å². The molecule has 2 heterocycles. The van der Waals surface area contributed by atoms with Crippen molar-refractivity contribution in [2.75, 3.05) is 26.2 Å². The lowest BCUT2D eigenvalue weighted by atomic mass is 9.86. The van der Waals surface area contributed by atoms with E-state index in [9.17, 15) is 4.79 Å². The van der Waals surface area contributed by atoms with Crippen molar-refractivity contribution in [1.29, 1.82) is 0 Å². The SMILES string of the molecule is CC(C)(C)OC(=O)N1C[C@@H]2CNC[C@@H](C2)C1.Cl. The second kappa shape index (κ2) is 5.44. The van der Waals surface area contributed by atoms with E-state index < -0.39 is 0 Å². The quantitative estimate of drug-likeness (QED) is 0.725. The van der Waals surface area contributed by atoms with Crippen molar-refractivity contribution in [2.45, 2.75) is 32.8 Å². The number of rotatable bonds is 0. The van der Waals surface area contributed by atoms with Gasteiger partial charge in [0.15, 0.2) is 0 Å². The zero-order chi connectivity index (χ0) is 11.8. The maximum atomic E-state index is 11.9. The zero-order valence-corrected chi connectivity index (χ0v) is 11.7. The Morgan fingerprint density at radius 1 is 1.24 bits per heavy atom. The number of likely N-dealkylation sites (tertiary alicyclic amines) is 1. The Balaban J connectivity index is 0.00000144. The van der Waals surface area contributed by atoms with Gasteiger partial charge in [-0.05, 0) is 52.1 Å². The topological polar surface area (TPSA) is 41.6 Å². The highest BCUT2D eigenvalue weighted by atomic mass is 35.5. The largest absolute Gasteiger partial charge is 0.444 e. The van der Waals surface area contributed by atoms with Crippen molar-refractivity contribution in [1.82, 2.24) is 10.2 Å². The van der Waals surface area contributed by atoms with Crippen LogP contribution in [0.4, 0.5) is 4.79 Å². The summed E-state index contributed by atoms with van der Waals surface area (Å²) in [5, 5.41) is 3.42. The van der Waals surface area contributed by atoms with Crippen molar-refractivity contribution in [3.05, 3.63) is 0 Å². The van der Waals surface area contributed by atoms with Crippen molar-refractivity contribution < 1.29 is 9.53 Å². The molecule has 5 heteroatoms. The predicted octanol–water partition coefficient (Wildman–Crippen LogP) is 1.88. The monoisotopic (exact) mass is 262 g/mol. The Hall–Kier alpha value is -0.480. The third kappa shape index (κ3) is 4.03. The van der Waals surface area contributed by atoms with Gasteiger partial charge in [-0.2, -0.15) is 0 Å². The highest BCUT2D eigenvalue weighted by molar-refractivity contribution is 5.85. The average Bonchev–Trinajstić information content (AvgIpc) is 2.14. The summed E-state index contributed by atoms with van der Waals surface area (Å²) in [7, 11) is 0. The van der Waals surface area contributed by atoms with Crippen LogP contribution in [0, 0.1) is 11.8 Å². The number of hydrogen-bond acceptors (Lipinski definition) is 3. The molecule has 2 atom stereocenters. The summed E-state index contributed by atoms with van der Waals surface area (Å²) in [5.41, 5.74) is -0.387. The molecule has 100 valence electrons. The molecule has 17 heavy (non-hydrogen) atoms. The lowest BCUT2D eigenvalue weighted by Crippen LogP contribution is -2.53. The number of piperidine rings is 2. The maximum absolute atomic E-state index is 11.9. The lowest BCUT2D eigenvalue weighted by Gasteiger charge is -2.41. The van der Waals surface area contributed by atoms with Gasteiger partial charge < -0.3 is 15.0 Å². The van der Waals surface area contributed by atoms with Crippen molar-refractivity contribution >= 4 is 18.5 Å². The van der Waals surface area contributed by atoms with Gasteiger partial charge >= 0.3 is 6.09 Å². The molecule has 1 N–H and O–H groups in total. The Bertz CT molecular complexity index is 266. The number of nitrogens with one attached hydrogen (secondary N) is 1. The minimum absolute atomic E-state index is 0. The van der Waals surface area contributed by atoms with Gasteiger partial charge in [0.25, 0.3) is 0 Å². The fourth-order valence-electron chi connectivity index (χ4n) is 2.58. The molecule has 0 aromatic heterocycles. The molecule has 0 saturated carbocycles. The molecule has 0 radical (unpaired) electrons. The normalized spacial score (nSPS) is 28.3. The van der Waals surface area contributed by atoms with Gasteiger partial charge in [-0.3, -0.25) is 0 Å². The third-order valence-corrected chi connectivity index (χ3v) is 3.14. The Kier molecular flexibility index (Phi) is 4.67. The van der Waals surface area contributed by atoms with Crippen molar-refractivity contribution in [3.8, 4) is 0 Å². The van der Waals surface area contributed by atoms with Crippen LogP contribution in [-0.4, -0.2) is 42.8 Å². The standard InChI is InChI=1S/C12H22N2O2.ClH/c1-12(2,3)16-11(15)14-7-9-4-10(8-14)6-13-5-9;/h9-10,13H,4-8H2,1-3H3;1H/t9-,10+;. The summed E-state index contributed by atoms with van der Waals surface area (Å²) in [6.07, 6.45) is 1.11. The second-order valence-corrected chi connectivity index (χ2v) is 6.01. The molecule has 2 aliphatic heterocycles. The van der Waals surface area contributed by atoms with E-state index in [2.05, 4.69) is 5.32 Å². The first-order valence-electron chi connectivity index (χ1n) is 6.13. The molecule has 4 nitrogen and oxygen atoms in total. The Morgan fingerprint density at radius 3 is 2.24 bits per heavy atom. The molecule has 2 saturated heterocycles. The van der Waals surface area contributed by atoms with Gasteiger partial charge in [-0.15, -0.1) is 12.4 Å². The zero-order valence-electron chi connectivity index (χ0n) is 10.9. The molecular weight excluding hydrogens is 240 g/mol. The van der Waals surface area contributed by atoms with E-state index in [-0.39, 0.29) is 24.1 Å². The summed E-state index contributed by atoms with van der Waals surface area (Å²) in [4.78, 5) is 13.8. The molecular formula is C12H23ClN2O2. The number of carbonyl (C=O) groups excluding carboxylic acids is 1. The number of fused-ring (bicyclic) bond motifs is 2. The summed E-state index contributed by atoms with van der Waals surface area (Å²) in [5.74, 6) is 1.22. The molecule has 2 rings (SSSR count). The van der Waals surface area contributed by atoms with Crippen LogP contribution in [0.2, 0.25) is 0 Å².